The van der Waals surface area contributed by atoms with E-state index in [0.717, 1.165) is 24.1 Å². The second-order valence-corrected chi connectivity index (χ2v) is 9.12. The van der Waals surface area contributed by atoms with E-state index in [4.69, 9.17) is 22.4 Å². The molecule has 2 aliphatic rings. The Morgan fingerprint density at radius 2 is 1.86 bits per heavy atom. The van der Waals surface area contributed by atoms with Gasteiger partial charge in [-0.2, -0.15) is 12.6 Å². The highest BCUT2D eigenvalue weighted by Gasteiger charge is 2.42. The van der Waals surface area contributed by atoms with Gasteiger partial charge in [-0.25, -0.2) is 4.79 Å². The smallest absolute Gasteiger partial charge is 0.410 e. The van der Waals surface area contributed by atoms with Crippen LogP contribution in [0.15, 0.2) is 47.5 Å². The summed E-state index contributed by atoms with van der Waals surface area (Å²) in [6.45, 7) is 6.91. The van der Waals surface area contributed by atoms with Gasteiger partial charge in [0.25, 0.3) is 0 Å². The lowest BCUT2D eigenvalue weighted by molar-refractivity contribution is 0.0159. The summed E-state index contributed by atoms with van der Waals surface area (Å²) in [6, 6.07) is 14.7. The summed E-state index contributed by atoms with van der Waals surface area (Å²) in [4.78, 5) is 19.2. The van der Waals surface area contributed by atoms with Crippen molar-refractivity contribution in [2.75, 3.05) is 13.1 Å². The number of nitrogens with zero attached hydrogens (tertiary/aromatic N) is 2. The minimum atomic E-state index is -0.477. The first kappa shape index (κ1) is 19.3. The minimum Gasteiger partial charge on any atom is -0.444 e. The fourth-order valence-electron chi connectivity index (χ4n) is 3.86. The number of nitrogens with one attached hydrogen (secondary N) is 1. The van der Waals surface area contributed by atoms with Crippen molar-refractivity contribution in [3.63, 3.8) is 0 Å². The zero-order valence-corrected chi connectivity index (χ0v) is 17.5. The van der Waals surface area contributed by atoms with Crippen molar-refractivity contribution >= 4 is 35.2 Å². The third kappa shape index (κ3) is 3.89. The molecular weight excluding hydrogens is 370 g/mol. The molecule has 2 heterocycles. The van der Waals surface area contributed by atoms with Gasteiger partial charge < -0.3 is 9.64 Å². The molecule has 1 unspecified atom stereocenters. The molecule has 148 valence electrons. The molecule has 1 N–H and O–H groups in total. The monoisotopic (exact) mass is 397 g/mol. The Labute approximate surface area is 171 Å². The van der Waals surface area contributed by atoms with Crippen LogP contribution in [0.3, 0.4) is 0 Å². The van der Waals surface area contributed by atoms with Gasteiger partial charge in [0.2, 0.25) is 0 Å². The molecule has 0 saturated carbocycles. The summed E-state index contributed by atoms with van der Waals surface area (Å²) in [7, 11) is 0. The lowest BCUT2D eigenvalue weighted by Crippen LogP contribution is -2.53. The maximum Gasteiger partial charge on any atom is 0.410 e. The van der Waals surface area contributed by atoms with Gasteiger partial charge in [-0.15, -0.1) is 0 Å². The second kappa shape index (κ2) is 7.08. The number of carbonyl (C=O) groups is 1. The van der Waals surface area contributed by atoms with Crippen LogP contribution in [0, 0.1) is 0 Å². The number of ether oxygens (including phenoxy) is 1. The number of fused-ring (bicyclic) bond motifs is 1. The molecule has 0 aliphatic carbocycles. The summed E-state index contributed by atoms with van der Waals surface area (Å²) in [5.41, 5.74) is 1.24. The summed E-state index contributed by atoms with van der Waals surface area (Å²) in [6.07, 6.45) is 1.25. The van der Waals surface area contributed by atoms with Gasteiger partial charge in [0.15, 0.2) is 0 Å². The molecule has 4 rings (SSSR count). The van der Waals surface area contributed by atoms with E-state index in [-0.39, 0.29) is 17.1 Å². The summed E-state index contributed by atoms with van der Waals surface area (Å²) in [5.74, 6) is 0. The molecule has 1 amide bonds. The van der Waals surface area contributed by atoms with E-state index in [2.05, 4.69) is 35.6 Å². The van der Waals surface area contributed by atoms with Crippen LogP contribution in [0.5, 0.6) is 0 Å². The number of hydrogen-bond acceptors (Lipinski definition) is 5. The molecule has 0 bridgehead atoms. The van der Waals surface area contributed by atoms with E-state index in [1.165, 1.54) is 10.8 Å². The van der Waals surface area contributed by atoms with Crippen LogP contribution >= 0.6 is 12.6 Å². The highest BCUT2D eigenvalue weighted by molar-refractivity contribution is 7.81. The second-order valence-electron chi connectivity index (χ2n) is 8.60. The average Bonchev–Trinajstić information content (AvgIpc) is 2.96. The zero-order chi connectivity index (χ0) is 19.9. The van der Waals surface area contributed by atoms with Crippen molar-refractivity contribution in [3.8, 4) is 0 Å². The number of likely N-dealkylation sites (tertiary alicyclic amines) is 1. The summed E-state index contributed by atoms with van der Waals surface area (Å²) in [5, 5.41) is 5.85. The summed E-state index contributed by atoms with van der Waals surface area (Å²) >= 11 is 4.75. The molecule has 1 saturated heterocycles. The number of hydrogen-bond donors (Lipinski definition) is 2. The third-order valence-electron chi connectivity index (χ3n) is 5.29. The summed E-state index contributed by atoms with van der Waals surface area (Å²) < 4.78 is 5.50. The number of thiol groups is 1. The largest absolute Gasteiger partial charge is 0.444 e. The lowest BCUT2D eigenvalue weighted by Gasteiger charge is -2.38. The van der Waals surface area contributed by atoms with Gasteiger partial charge in [0.1, 0.15) is 11.3 Å². The van der Waals surface area contributed by atoms with Crippen molar-refractivity contribution in [1.82, 2.24) is 10.2 Å². The number of amides is 1. The minimum absolute atomic E-state index is 0.116. The molecule has 2 aromatic carbocycles. The maximum absolute atomic E-state index is 12.3. The molecule has 5 nitrogen and oxygen atoms in total. The highest BCUT2D eigenvalue weighted by Crippen LogP contribution is 2.32. The Hall–Kier alpha value is -2.05. The molecular formula is C22H27N3O2S. The lowest BCUT2D eigenvalue weighted by atomic mass is 9.98. The average molecular weight is 398 g/mol. The number of benzene rings is 2. The maximum atomic E-state index is 12.3. The number of piperidine rings is 1. The van der Waals surface area contributed by atoms with E-state index in [9.17, 15) is 4.79 Å². The molecule has 1 atom stereocenters. The fourth-order valence-corrected chi connectivity index (χ4v) is 4.31. The third-order valence-corrected chi connectivity index (χ3v) is 5.66. The van der Waals surface area contributed by atoms with E-state index in [1.807, 2.05) is 32.9 Å². The number of aliphatic imine (C=N–C) groups is 1. The molecule has 1 spiro atoms. The van der Waals surface area contributed by atoms with Crippen molar-refractivity contribution in [2.24, 2.45) is 4.99 Å². The topological polar surface area (TPSA) is 53.9 Å². The Balaban J connectivity index is 1.51. The van der Waals surface area contributed by atoms with E-state index in [1.54, 1.807) is 4.90 Å². The molecule has 1 fully saturated rings. The Kier molecular flexibility index (Phi) is 4.88. The standard InChI is InChI=1S/C22H27N3O2S/c1-21(2,3)27-20(26)25-12-10-22(11-13-25)23-18(19(28)24-22)17-9-8-15-6-4-5-7-16(15)14-17/h4-9,14,19,24,28H,10-13H2,1-3H3. The number of carbonyl (C=O) groups excluding carboxylic acids is 1. The molecule has 2 aromatic rings. The van der Waals surface area contributed by atoms with Crippen molar-refractivity contribution in [3.05, 3.63) is 48.0 Å². The van der Waals surface area contributed by atoms with Gasteiger partial charge in [-0.3, -0.25) is 10.3 Å². The SMILES string of the molecule is CC(C)(C)OC(=O)N1CCC2(CC1)N=C(c1ccc3ccccc3c1)C(S)N2. The van der Waals surface area contributed by atoms with E-state index in [0.29, 0.717) is 13.1 Å². The predicted octanol–water partition coefficient (Wildman–Crippen LogP) is 4.22. The van der Waals surface area contributed by atoms with E-state index < -0.39 is 5.60 Å². The highest BCUT2D eigenvalue weighted by atomic mass is 32.1. The fraction of sp³-hybridized carbons (Fsp3) is 0.455. The van der Waals surface area contributed by atoms with Crippen LogP contribution < -0.4 is 5.32 Å². The van der Waals surface area contributed by atoms with Gasteiger partial charge in [0, 0.05) is 25.9 Å². The van der Waals surface area contributed by atoms with Gasteiger partial charge in [0.05, 0.1) is 11.1 Å². The van der Waals surface area contributed by atoms with Gasteiger partial charge >= 0.3 is 6.09 Å². The van der Waals surface area contributed by atoms with Crippen LogP contribution in [-0.4, -0.2) is 46.4 Å². The van der Waals surface area contributed by atoms with Crippen molar-refractivity contribution in [1.29, 1.82) is 0 Å². The normalized spacial score (nSPS) is 21.8. The Morgan fingerprint density at radius 1 is 1.18 bits per heavy atom. The molecule has 0 aromatic heterocycles. The molecule has 28 heavy (non-hydrogen) atoms. The van der Waals surface area contributed by atoms with Crippen LogP contribution in [-0.2, 0) is 4.74 Å². The Morgan fingerprint density at radius 3 is 2.54 bits per heavy atom. The molecule has 6 heteroatoms. The quantitative estimate of drug-likeness (QED) is 0.709. The van der Waals surface area contributed by atoms with Gasteiger partial charge in [-0.1, -0.05) is 36.4 Å². The van der Waals surface area contributed by atoms with Crippen molar-refractivity contribution < 1.29 is 9.53 Å². The van der Waals surface area contributed by atoms with Crippen LogP contribution in [0.2, 0.25) is 0 Å². The zero-order valence-electron chi connectivity index (χ0n) is 16.6. The van der Waals surface area contributed by atoms with Gasteiger partial charge in [-0.05, 0) is 43.2 Å². The molecule has 0 radical (unpaired) electrons. The van der Waals surface area contributed by atoms with Crippen LogP contribution in [0.1, 0.15) is 39.2 Å². The number of rotatable bonds is 1. The first-order valence-electron chi connectivity index (χ1n) is 9.77. The predicted molar refractivity (Wildman–Crippen MR) is 116 cm³/mol. The van der Waals surface area contributed by atoms with Crippen LogP contribution in [0.4, 0.5) is 4.79 Å². The first-order valence-corrected chi connectivity index (χ1v) is 10.3. The van der Waals surface area contributed by atoms with Crippen LogP contribution in [0.25, 0.3) is 10.8 Å². The molecule has 2 aliphatic heterocycles. The van der Waals surface area contributed by atoms with Crippen molar-refractivity contribution in [2.45, 2.75) is 50.3 Å². The first-order chi connectivity index (χ1) is 13.2. The van der Waals surface area contributed by atoms with E-state index >= 15 is 0 Å². The Bertz CT molecular complexity index is 927.